The van der Waals surface area contributed by atoms with Crippen LogP contribution in [-0.2, 0) is 11.2 Å². The number of benzene rings is 1. The average Bonchev–Trinajstić information content (AvgIpc) is 3.79. The van der Waals surface area contributed by atoms with E-state index in [-0.39, 0.29) is 54.1 Å². The molecule has 0 saturated heterocycles. The number of hydrogen-bond donors (Lipinski definition) is 2. The standard InChI is InChI=1S/C29H35F2N7O3/c1-5-40-20-14-22(30)21(23(31)15-20)8-11-34-25(18(3)17(2)19-6-7-19)28-37-27(32)26(41-13-12-39-4)29(38-28)36-24-9-10-33-16-35-24/h9-10,14-16,19H,5-8,11-13H2,1-4H3,(H3,32,33,35,36,37,38)/b18-17+,34-25?. The van der Waals surface area contributed by atoms with Gasteiger partial charge in [-0.2, -0.15) is 0 Å². The number of nitrogens with two attached hydrogens (primary N) is 1. The van der Waals surface area contributed by atoms with Crippen LogP contribution < -0.4 is 20.5 Å². The van der Waals surface area contributed by atoms with Crippen molar-refractivity contribution in [2.45, 2.75) is 40.0 Å². The van der Waals surface area contributed by atoms with Crippen LogP contribution in [0, 0.1) is 17.6 Å². The summed E-state index contributed by atoms with van der Waals surface area (Å²) in [5.41, 5.74) is 8.85. The van der Waals surface area contributed by atoms with Gasteiger partial charge in [0.25, 0.3) is 0 Å². The number of nitrogens with one attached hydrogen (secondary N) is 1. The molecule has 0 aliphatic heterocycles. The van der Waals surface area contributed by atoms with Gasteiger partial charge in [0.1, 0.15) is 41.8 Å². The molecule has 218 valence electrons. The van der Waals surface area contributed by atoms with Gasteiger partial charge in [-0.1, -0.05) is 5.57 Å². The van der Waals surface area contributed by atoms with E-state index in [0.717, 1.165) is 24.0 Å². The Bertz CT molecular complexity index is 1390. The van der Waals surface area contributed by atoms with Crippen molar-refractivity contribution in [2.24, 2.45) is 10.9 Å². The summed E-state index contributed by atoms with van der Waals surface area (Å²) in [5.74, 6) is 0.588. The van der Waals surface area contributed by atoms with Crippen LogP contribution >= 0.6 is 0 Å². The van der Waals surface area contributed by atoms with Gasteiger partial charge in [-0.05, 0) is 57.6 Å². The minimum Gasteiger partial charge on any atom is -0.494 e. The molecule has 3 N–H and O–H groups in total. The predicted molar refractivity (Wildman–Crippen MR) is 153 cm³/mol. The molecule has 0 spiro atoms. The van der Waals surface area contributed by atoms with E-state index in [1.54, 1.807) is 26.3 Å². The molecule has 2 aromatic heterocycles. The molecule has 0 atom stereocenters. The maximum atomic E-state index is 14.7. The van der Waals surface area contributed by atoms with Gasteiger partial charge < -0.3 is 25.3 Å². The number of nitrogen functional groups attached to an aromatic ring is 1. The summed E-state index contributed by atoms with van der Waals surface area (Å²) in [6.07, 6.45) is 5.20. The van der Waals surface area contributed by atoms with Crippen LogP contribution in [0.4, 0.5) is 26.2 Å². The summed E-state index contributed by atoms with van der Waals surface area (Å²) in [5, 5.41) is 3.12. The van der Waals surface area contributed by atoms with Crippen LogP contribution in [0.2, 0.25) is 0 Å². The Morgan fingerprint density at radius 3 is 2.51 bits per heavy atom. The highest BCUT2D eigenvalue weighted by molar-refractivity contribution is 6.11. The first-order chi connectivity index (χ1) is 19.8. The normalized spacial score (nSPS) is 14.0. The van der Waals surface area contributed by atoms with Crippen LogP contribution in [0.3, 0.4) is 0 Å². The van der Waals surface area contributed by atoms with Gasteiger partial charge in [0, 0.05) is 37.5 Å². The molecule has 4 rings (SSSR count). The largest absolute Gasteiger partial charge is 0.494 e. The number of aromatic nitrogens is 4. The van der Waals surface area contributed by atoms with Crippen molar-refractivity contribution in [3.8, 4) is 11.5 Å². The van der Waals surface area contributed by atoms with E-state index >= 15 is 0 Å². The third-order valence-corrected chi connectivity index (χ3v) is 6.66. The average molecular weight is 568 g/mol. The Balaban J connectivity index is 1.72. The Kier molecular flexibility index (Phi) is 10.1. The Morgan fingerprint density at radius 1 is 1.12 bits per heavy atom. The highest BCUT2D eigenvalue weighted by Gasteiger charge is 2.27. The van der Waals surface area contributed by atoms with E-state index in [1.165, 1.54) is 18.5 Å². The van der Waals surface area contributed by atoms with Crippen molar-refractivity contribution in [1.29, 1.82) is 0 Å². The molecule has 10 nitrogen and oxygen atoms in total. The van der Waals surface area contributed by atoms with E-state index in [1.807, 2.05) is 6.92 Å². The summed E-state index contributed by atoms with van der Waals surface area (Å²) in [7, 11) is 1.57. The van der Waals surface area contributed by atoms with E-state index in [4.69, 9.17) is 29.9 Å². The van der Waals surface area contributed by atoms with Gasteiger partial charge in [0.15, 0.2) is 17.5 Å². The smallest absolute Gasteiger partial charge is 0.204 e. The van der Waals surface area contributed by atoms with E-state index in [9.17, 15) is 8.78 Å². The van der Waals surface area contributed by atoms with Gasteiger partial charge in [-0.15, -0.1) is 0 Å². The zero-order valence-electron chi connectivity index (χ0n) is 23.7. The highest BCUT2D eigenvalue weighted by Crippen LogP contribution is 2.38. The van der Waals surface area contributed by atoms with Crippen LogP contribution in [0.1, 0.15) is 45.0 Å². The van der Waals surface area contributed by atoms with Gasteiger partial charge in [0.2, 0.25) is 5.75 Å². The summed E-state index contributed by atoms with van der Waals surface area (Å²) >= 11 is 0. The molecular weight excluding hydrogens is 532 g/mol. The fourth-order valence-corrected chi connectivity index (χ4v) is 4.23. The zero-order chi connectivity index (χ0) is 29.4. The van der Waals surface area contributed by atoms with Crippen LogP contribution in [-0.4, -0.2) is 59.1 Å². The molecule has 1 aliphatic rings. The van der Waals surface area contributed by atoms with Crippen molar-refractivity contribution >= 4 is 23.2 Å². The molecule has 0 radical (unpaired) electrons. The maximum absolute atomic E-state index is 14.7. The van der Waals surface area contributed by atoms with Crippen molar-refractivity contribution in [3.63, 3.8) is 0 Å². The lowest BCUT2D eigenvalue weighted by Crippen LogP contribution is -2.17. The van der Waals surface area contributed by atoms with Crippen molar-refractivity contribution < 1.29 is 23.0 Å². The molecule has 0 unspecified atom stereocenters. The minimum atomic E-state index is -0.680. The second kappa shape index (κ2) is 13.9. The molecule has 1 aromatic carbocycles. The summed E-state index contributed by atoms with van der Waals surface area (Å²) < 4.78 is 45.6. The number of methoxy groups -OCH3 is 1. The van der Waals surface area contributed by atoms with E-state index in [0.29, 0.717) is 30.7 Å². The Morgan fingerprint density at radius 2 is 1.88 bits per heavy atom. The van der Waals surface area contributed by atoms with Gasteiger partial charge in [-0.3, -0.25) is 4.99 Å². The molecule has 1 saturated carbocycles. The number of halogens is 2. The van der Waals surface area contributed by atoms with Crippen molar-refractivity contribution in [1.82, 2.24) is 19.9 Å². The molecule has 1 aliphatic carbocycles. The fourth-order valence-electron chi connectivity index (χ4n) is 4.23. The molecule has 0 amide bonds. The number of ether oxygens (including phenoxy) is 3. The number of anilines is 3. The molecule has 12 heteroatoms. The lowest BCUT2D eigenvalue weighted by atomic mass is 10.0. The second-order valence-electron chi connectivity index (χ2n) is 9.53. The van der Waals surface area contributed by atoms with Gasteiger partial charge >= 0.3 is 0 Å². The molecule has 1 fully saturated rings. The number of allylic oxidation sites excluding steroid dienone is 2. The topological polar surface area (TPSA) is 130 Å². The quantitative estimate of drug-likeness (QED) is 0.202. The van der Waals surface area contributed by atoms with Crippen LogP contribution in [0.25, 0.3) is 0 Å². The SMILES string of the molecule is CCOc1cc(F)c(CCN=C(/C(C)=C(\C)C2CC2)c2nc(N)c(OCCOC)c(Nc3ccncn3)n2)c(F)c1. The maximum Gasteiger partial charge on any atom is 0.204 e. The van der Waals surface area contributed by atoms with E-state index in [2.05, 4.69) is 27.2 Å². The third-order valence-electron chi connectivity index (χ3n) is 6.66. The molecular formula is C29H35F2N7O3. The van der Waals surface area contributed by atoms with Gasteiger partial charge in [0.05, 0.1) is 13.2 Å². The lowest BCUT2D eigenvalue weighted by molar-refractivity contribution is 0.147. The number of nitrogens with zero attached hydrogens (tertiary/aromatic N) is 5. The summed E-state index contributed by atoms with van der Waals surface area (Å²) in [6.45, 7) is 6.72. The Hall–Kier alpha value is -4.19. The van der Waals surface area contributed by atoms with Crippen molar-refractivity contribution in [2.75, 3.05) is 44.5 Å². The predicted octanol–water partition coefficient (Wildman–Crippen LogP) is 5.07. The number of hydrogen-bond acceptors (Lipinski definition) is 10. The van der Waals surface area contributed by atoms with Crippen LogP contribution in [0.5, 0.6) is 11.5 Å². The Labute approximate surface area is 238 Å². The number of aliphatic imine (C=N–C) groups is 1. The van der Waals surface area contributed by atoms with Gasteiger partial charge in [-0.25, -0.2) is 28.7 Å². The monoisotopic (exact) mass is 567 g/mol. The van der Waals surface area contributed by atoms with Crippen molar-refractivity contribution in [3.05, 3.63) is 64.9 Å². The summed E-state index contributed by atoms with van der Waals surface area (Å²) in [6, 6.07) is 4.05. The first kappa shape index (κ1) is 29.8. The molecule has 2 heterocycles. The zero-order valence-corrected chi connectivity index (χ0v) is 23.7. The first-order valence-corrected chi connectivity index (χ1v) is 13.5. The first-order valence-electron chi connectivity index (χ1n) is 13.5. The fraction of sp³-hybridized carbons (Fsp3) is 0.414. The molecule has 0 bridgehead atoms. The molecule has 3 aromatic rings. The summed E-state index contributed by atoms with van der Waals surface area (Å²) in [4.78, 5) is 22.2. The third kappa shape index (κ3) is 7.72. The minimum absolute atomic E-state index is 0.0308. The lowest BCUT2D eigenvalue weighted by Gasteiger charge is -2.17. The number of rotatable bonds is 14. The second-order valence-corrected chi connectivity index (χ2v) is 9.53. The van der Waals surface area contributed by atoms with E-state index < -0.39 is 11.6 Å². The molecule has 41 heavy (non-hydrogen) atoms. The van der Waals surface area contributed by atoms with Crippen LogP contribution in [0.15, 0.2) is 46.9 Å². The highest BCUT2D eigenvalue weighted by atomic mass is 19.1.